The molecule has 1 fully saturated rings. The van der Waals surface area contributed by atoms with Crippen LogP contribution in [0.15, 0.2) is 0 Å². The average Bonchev–Trinajstić information content (AvgIpc) is 1.81. The average molecular weight is 170 g/mol. The molecule has 1 rings (SSSR count). The first kappa shape index (κ1) is 8.81. The fraction of sp³-hybridized carbons (Fsp3) is 1.00. The smallest absolute Gasteiger partial charge is 0.210 e. The normalized spacial score (nSPS) is 26.7. The van der Waals surface area contributed by atoms with Crippen molar-refractivity contribution in [2.75, 3.05) is 0 Å². The van der Waals surface area contributed by atoms with Crippen LogP contribution in [0.3, 0.4) is 0 Å². The number of rotatable bonds is 2. The lowest BCUT2D eigenvalue weighted by Crippen LogP contribution is -2.50. The molecule has 11 heavy (non-hydrogen) atoms. The standard InChI is InChI=1S/C7H10F4/c1-2-6(5(8)9)3-7(10,11)4-6/h5H,2-4H2,1H3. The van der Waals surface area contributed by atoms with Crippen LogP contribution in [-0.2, 0) is 0 Å². The van der Waals surface area contributed by atoms with Crippen LogP contribution < -0.4 is 0 Å². The zero-order valence-corrected chi connectivity index (χ0v) is 6.21. The van der Waals surface area contributed by atoms with Crippen LogP contribution in [0.2, 0.25) is 0 Å². The van der Waals surface area contributed by atoms with Crippen molar-refractivity contribution in [1.29, 1.82) is 0 Å². The van der Waals surface area contributed by atoms with E-state index in [4.69, 9.17) is 0 Å². The zero-order chi connectivity index (χ0) is 8.70. The molecule has 66 valence electrons. The van der Waals surface area contributed by atoms with Gasteiger partial charge in [-0.05, 0) is 6.42 Å². The van der Waals surface area contributed by atoms with Gasteiger partial charge in [-0.15, -0.1) is 0 Å². The molecule has 0 radical (unpaired) electrons. The zero-order valence-electron chi connectivity index (χ0n) is 6.21. The molecule has 0 amide bonds. The fourth-order valence-corrected chi connectivity index (χ4v) is 1.54. The van der Waals surface area contributed by atoms with Gasteiger partial charge in [-0.2, -0.15) is 0 Å². The monoisotopic (exact) mass is 170 g/mol. The van der Waals surface area contributed by atoms with Crippen LogP contribution in [0.4, 0.5) is 17.6 Å². The fourth-order valence-electron chi connectivity index (χ4n) is 1.54. The Hall–Kier alpha value is -0.280. The van der Waals surface area contributed by atoms with E-state index < -0.39 is 30.6 Å². The van der Waals surface area contributed by atoms with E-state index in [0.717, 1.165) is 0 Å². The minimum atomic E-state index is -2.84. The SMILES string of the molecule is CCC1(C(F)F)CC(F)(F)C1. The third-order valence-electron chi connectivity index (χ3n) is 2.39. The maximum absolute atomic E-state index is 12.2. The van der Waals surface area contributed by atoms with Crippen LogP contribution >= 0.6 is 0 Å². The lowest BCUT2D eigenvalue weighted by molar-refractivity contribution is -0.211. The summed E-state index contributed by atoms with van der Waals surface area (Å²) in [5.41, 5.74) is -1.39. The molecule has 0 unspecified atom stereocenters. The van der Waals surface area contributed by atoms with E-state index in [-0.39, 0.29) is 6.42 Å². The van der Waals surface area contributed by atoms with E-state index in [1.54, 1.807) is 0 Å². The van der Waals surface area contributed by atoms with Crippen LogP contribution in [0, 0.1) is 5.41 Å². The molecular weight excluding hydrogens is 160 g/mol. The van der Waals surface area contributed by atoms with Crippen molar-refractivity contribution >= 4 is 0 Å². The molecule has 0 spiro atoms. The van der Waals surface area contributed by atoms with Gasteiger partial charge in [-0.25, -0.2) is 17.6 Å². The van der Waals surface area contributed by atoms with Crippen molar-refractivity contribution in [3.63, 3.8) is 0 Å². The van der Waals surface area contributed by atoms with E-state index in [1.165, 1.54) is 6.92 Å². The van der Waals surface area contributed by atoms with Crippen molar-refractivity contribution in [1.82, 2.24) is 0 Å². The van der Waals surface area contributed by atoms with E-state index in [1.807, 2.05) is 0 Å². The second-order valence-electron chi connectivity index (χ2n) is 3.23. The van der Waals surface area contributed by atoms with Gasteiger partial charge in [0, 0.05) is 18.3 Å². The largest absolute Gasteiger partial charge is 0.249 e. The minimum absolute atomic E-state index is 0.139. The predicted molar refractivity (Wildman–Crippen MR) is 32.9 cm³/mol. The first-order chi connectivity index (χ1) is 4.92. The van der Waals surface area contributed by atoms with Crippen molar-refractivity contribution < 1.29 is 17.6 Å². The Morgan fingerprint density at radius 1 is 1.27 bits per heavy atom. The molecule has 0 aromatic heterocycles. The molecule has 0 aromatic rings. The van der Waals surface area contributed by atoms with Crippen molar-refractivity contribution in [3.05, 3.63) is 0 Å². The summed E-state index contributed by atoms with van der Waals surface area (Å²) < 4.78 is 48.8. The van der Waals surface area contributed by atoms with Crippen molar-refractivity contribution in [3.8, 4) is 0 Å². The first-order valence-electron chi connectivity index (χ1n) is 3.58. The summed E-state index contributed by atoms with van der Waals surface area (Å²) in [4.78, 5) is 0. The van der Waals surface area contributed by atoms with E-state index in [2.05, 4.69) is 0 Å². The summed E-state index contributed by atoms with van der Waals surface area (Å²) in [7, 11) is 0. The number of alkyl halides is 4. The van der Waals surface area contributed by atoms with Gasteiger partial charge in [0.2, 0.25) is 12.3 Å². The van der Waals surface area contributed by atoms with Gasteiger partial charge in [-0.1, -0.05) is 6.92 Å². The Bertz CT molecular complexity index is 145. The van der Waals surface area contributed by atoms with E-state index in [9.17, 15) is 17.6 Å². The quantitative estimate of drug-likeness (QED) is 0.558. The van der Waals surface area contributed by atoms with Gasteiger partial charge in [0.15, 0.2) is 0 Å². The highest BCUT2D eigenvalue weighted by molar-refractivity contribution is 4.99. The Balaban J connectivity index is 2.57. The summed E-state index contributed by atoms with van der Waals surface area (Å²) in [6.07, 6.45) is -3.75. The number of hydrogen-bond donors (Lipinski definition) is 0. The third-order valence-corrected chi connectivity index (χ3v) is 2.39. The maximum atomic E-state index is 12.2. The second kappa shape index (κ2) is 2.35. The molecule has 1 aliphatic carbocycles. The minimum Gasteiger partial charge on any atom is -0.210 e. The van der Waals surface area contributed by atoms with Crippen LogP contribution in [0.5, 0.6) is 0 Å². The molecule has 0 heterocycles. The summed E-state index contributed by atoms with van der Waals surface area (Å²) in [6, 6.07) is 0. The van der Waals surface area contributed by atoms with Gasteiger partial charge >= 0.3 is 0 Å². The van der Waals surface area contributed by atoms with Gasteiger partial charge in [0.05, 0.1) is 0 Å². The Labute approximate surface area is 62.6 Å². The Morgan fingerprint density at radius 3 is 1.82 bits per heavy atom. The van der Waals surface area contributed by atoms with Gasteiger partial charge in [0.25, 0.3) is 0 Å². The first-order valence-corrected chi connectivity index (χ1v) is 3.58. The summed E-state index contributed by atoms with van der Waals surface area (Å²) >= 11 is 0. The van der Waals surface area contributed by atoms with Crippen LogP contribution in [-0.4, -0.2) is 12.3 Å². The third kappa shape index (κ3) is 1.35. The van der Waals surface area contributed by atoms with Gasteiger partial charge < -0.3 is 0 Å². The van der Waals surface area contributed by atoms with Crippen LogP contribution in [0.1, 0.15) is 26.2 Å². The molecule has 0 aliphatic heterocycles. The molecule has 1 aliphatic rings. The molecular formula is C7H10F4. The highest BCUT2D eigenvalue weighted by Crippen LogP contribution is 2.56. The van der Waals surface area contributed by atoms with Gasteiger partial charge in [0.1, 0.15) is 0 Å². The lowest BCUT2D eigenvalue weighted by atomic mass is 9.64. The highest BCUT2D eigenvalue weighted by atomic mass is 19.3. The van der Waals surface area contributed by atoms with Crippen LogP contribution in [0.25, 0.3) is 0 Å². The molecule has 4 heteroatoms. The Morgan fingerprint density at radius 2 is 1.73 bits per heavy atom. The highest BCUT2D eigenvalue weighted by Gasteiger charge is 2.60. The summed E-state index contributed by atoms with van der Waals surface area (Å²) in [5, 5.41) is 0. The molecule has 0 atom stereocenters. The summed E-state index contributed by atoms with van der Waals surface area (Å²) in [5.74, 6) is -2.84. The molecule has 0 N–H and O–H groups in total. The van der Waals surface area contributed by atoms with E-state index in [0.29, 0.717) is 0 Å². The maximum Gasteiger partial charge on any atom is 0.249 e. The van der Waals surface area contributed by atoms with Gasteiger partial charge in [-0.3, -0.25) is 0 Å². The Kier molecular flexibility index (Phi) is 1.89. The van der Waals surface area contributed by atoms with Crippen molar-refractivity contribution in [2.24, 2.45) is 5.41 Å². The number of hydrogen-bond acceptors (Lipinski definition) is 0. The molecule has 0 bridgehead atoms. The molecule has 0 nitrogen and oxygen atoms in total. The second-order valence-corrected chi connectivity index (χ2v) is 3.23. The van der Waals surface area contributed by atoms with E-state index >= 15 is 0 Å². The summed E-state index contributed by atoms with van der Waals surface area (Å²) in [6.45, 7) is 1.53. The molecule has 0 aromatic carbocycles. The topological polar surface area (TPSA) is 0 Å². The number of halogens is 4. The molecule has 1 saturated carbocycles. The predicted octanol–water partition coefficient (Wildman–Crippen LogP) is 3.08. The molecule has 0 saturated heterocycles. The van der Waals surface area contributed by atoms with Crippen molar-refractivity contribution in [2.45, 2.75) is 38.5 Å². The lowest BCUT2D eigenvalue weighted by Gasteiger charge is -2.46.